The van der Waals surface area contributed by atoms with Crippen LogP contribution in [0.15, 0.2) is 0 Å². The summed E-state index contributed by atoms with van der Waals surface area (Å²) in [7, 11) is 5.51. The van der Waals surface area contributed by atoms with Gasteiger partial charge in [0.1, 0.15) is 0 Å². The second-order valence-electron chi connectivity index (χ2n) is 4.75. The number of hydrogen-bond donors (Lipinski definition) is 0. The van der Waals surface area contributed by atoms with Gasteiger partial charge < -0.3 is 9.64 Å². The van der Waals surface area contributed by atoms with Crippen molar-refractivity contribution in [3.8, 4) is 0 Å². The number of ether oxygens (including phenoxy) is 1. The van der Waals surface area contributed by atoms with Crippen LogP contribution in [0, 0.1) is 13.8 Å². The van der Waals surface area contributed by atoms with E-state index in [-0.39, 0.29) is 5.97 Å². The second-order valence-corrected chi connectivity index (χ2v) is 4.75. The Morgan fingerprint density at radius 2 is 2.06 bits per heavy atom. The quantitative estimate of drug-likeness (QED) is 0.714. The van der Waals surface area contributed by atoms with Gasteiger partial charge in [-0.2, -0.15) is 5.10 Å². The molecule has 0 saturated heterocycles. The third kappa shape index (κ3) is 3.84. The SMILES string of the molecule is COC(=O)CCc1c(C)nn(CCN(C)C)c1C. The molecule has 0 fully saturated rings. The fourth-order valence-electron chi connectivity index (χ4n) is 1.94. The molecule has 0 amide bonds. The number of methoxy groups -OCH3 is 1. The van der Waals surface area contributed by atoms with Crippen LogP contribution in [0.25, 0.3) is 0 Å². The predicted molar refractivity (Wildman–Crippen MR) is 70.6 cm³/mol. The minimum atomic E-state index is -0.171. The zero-order valence-corrected chi connectivity index (χ0v) is 12.0. The Morgan fingerprint density at radius 3 is 2.61 bits per heavy atom. The molecule has 0 saturated carbocycles. The summed E-state index contributed by atoms with van der Waals surface area (Å²) in [6.45, 7) is 5.88. The maximum atomic E-state index is 11.2. The van der Waals surface area contributed by atoms with E-state index in [1.807, 2.05) is 25.7 Å². The van der Waals surface area contributed by atoms with Crippen LogP contribution in [0.5, 0.6) is 0 Å². The third-order valence-electron chi connectivity index (χ3n) is 3.10. The van der Waals surface area contributed by atoms with E-state index in [0.717, 1.165) is 24.5 Å². The Kier molecular flexibility index (Phi) is 5.34. The monoisotopic (exact) mass is 253 g/mol. The molecule has 0 radical (unpaired) electrons. The Hall–Kier alpha value is -1.36. The molecule has 0 atom stereocenters. The van der Waals surface area contributed by atoms with Crippen molar-refractivity contribution >= 4 is 5.97 Å². The summed E-state index contributed by atoms with van der Waals surface area (Å²) in [5.41, 5.74) is 3.33. The summed E-state index contributed by atoms with van der Waals surface area (Å²) in [6.07, 6.45) is 1.11. The van der Waals surface area contributed by atoms with Gasteiger partial charge in [0.15, 0.2) is 0 Å². The molecule has 0 bridgehead atoms. The maximum absolute atomic E-state index is 11.2. The molecule has 102 valence electrons. The van der Waals surface area contributed by atoms with Crippen molar-refractivity contribution in [2.24, 2.45) is 0 Å². The molecule has 0 aromatic carbocycles. The van der Waals surface area contributed by atoms with Crippen LogP contribution >= 0.6 is 0 Å². The lowest BCUT2D eigenvalue weighted by molar-refractivity contribution is -0.140. The van der Waals surface area contributed by atoms with Crippen LogP contribution in [0.1, 0.15) is 23.4 Å². The normalized spacial score (nSPS) is 11.0. The van der Waals surface area contributed by atoms with Crippen LogP contribution in [0.2, 0.25) is 0 Å². The van der Waals surface area contributed by atoms with E-state index in [0.29, 0.717) is 12.8 Å². The topological polar surface area (TPSA) is 47.4 Å². The molecule has 0 spiro atoms. The standard InChI is InChI=1S/C13H23N3O2/c1-10-12(6-7-13(17)18-5)11(2)16(14-10)9-8-15(3)4/h6-9H2,1-5H3. The molecule has 1 aromatic heterocycles. The minimum Gasteiger partial charge on any atom is -0.469 e. The number of carbonyl (C=O) groups is 1. The summed E-state index contributed by atoms with van der Waals surface area (Å²) in [5.74, 6) is -0.171. The highest BCUT2D eigenvalue weighted by molar-refractivity contribution is 5.69. The highest BCUT2D eigenvalue weighted by Crippen LogP contribution is 2.15. The average Bonchev–Trinajstić information content (AvgIpc) is 2.59. The zero-order valence-electron chi connectivity index (χ0n) is 12.0. The van der Waals surface area contributed by atoms with E-state index in [9.17, 15) is 4.79 Å². The lowest BCUT2D eigenvalue weighted by Gasteiger charge is -2.10. The summed E-state index contributed by atoms with van der Waals surface area (Å²) < 4.78 is 6.68. The van der Waals surface area contributed by atoms with Crippen molar-refractivity contribution in [3.63, 3.8) is 0 Å². The third-order valence-corrected chi connectivity index (χ3v) is 3.10. The van der Waals surface area contributed by atoms with Crippen LogP contribution in [0.4, 0.5) is 0 Å². The average molecular weight is 253 g/mol. The largest absolute Gasteiger partial charge is 0.469 e. The first-order valence-electron chi connectivity index (χ1n) is 6.20. The van der Waals surface area contributed by atoms with Gasteiger partial charge >= 0.3 is 5.97 Å². The van der Waals surface area contributed by atoms with Gasteiger partial charge in [-0.1, -0.05) is 0 Å². The van der Waals surface area contributed by atoms with Crippen molar-refractivity contribution < 1.29 is 9.53 Å². The van der Waals surface area contributed by atoms with Gasteiger partial charge in [0.05, 0.1) is 19.3 Å². The van der Waals surface area contributed by atoms with Crippen LogP contribution in [-0.2, 0) is 22.5 Å². The summed E-state index contributed by atoms with van der Waals surface area (Å²) in [4.78, 5) is 13.3. The van der Waals surface area contributed by atoms with Crippen LogP contribution < -0.4 is 0 Å². The van der Waals surface area contributed by atoms with Crippen LogP contribution in [-0.4, -0.2) is 48.4 Å². The van der Waals surface area contributed by atoms with E-state index in [4.69, 9.17) is 0 Å². The molecular formula is C13H23N3O2. The molecule has 0 N–H and O–H groups in total. The molecule has 1 rings (SSSR count). The Balaban J connectivity index is 2.71. The number of nitrogens with zero attached hydrogens (tertiary/aromatic N) is 3. The number of esters is 1. The Labute approximate surface area is 109 Å². The summed E-state index contributed by atoms with van der Waals surface area (Å²) >= 11 is 0. The molecular weight excluding hydrogens is 230 g/mol. The summed E-state index contributed by atoms with van der Waals surface area (Å²) in [6, 6.07) is 0. The van der Waals surface area contributed by atoms with E-state index in [1.165, 1.54) is 12.7 Å². The van der Waals surface area contributed by atoms with Gasteiger partial charge in [-0.15, -0.1) is 0 Å². The lowest BCUT2D eigenvalue weighted by Crippen LogP contribution is -2.19. The van der Waals surface area contributed by atoms with Crippen molar-refractivity contribution in [2.45, 2.75) is 33.2 Å². The van der Waals surface area contributed by atoms with Gasteiger partial charge in [-0.3, -0.25) is 9.48 Å². The van der Waals surface area contributed by atoms with Crippen molar-refractivity contribution in [1.82, 2.24) is 14.7 Å². The lowest BCUT2D eigenvalue weighted by atomic mass is 10.1. The molecule has 18 heavy (non-hydrogen) atoms. The molecule has 5 heteroatoms. The molecule has 0 aliphatic carbocycles. The molecule has 1 aromatic rings. The number of aryl methyl sites for hydroxylation is 1. The molecule has 1 heterocycles. The fraction of sp³-hybridized carbons (Fsp3) is 0.692. The first-order chi connectivity index (χ1) is 8.45. The summed E-state index contributed by atoms with van der Waals surface area (Å²) in [5, 5.41) is 4.52. The number of aromatic nitrogens is 2. The Morgan fingerprint density at radius 1 is 1.39 bits per heavy atom. The number of hydrogen-bond acceptors (Lipinski definition) is 4. The number of likely N-dealkylation sites (N-methyl/N-ethyl adjacent to an activating group) is 1. The highest BCUT2D eigenvalue weighted by Gasteiger charge is 2.13. The minimum absolute atomic E-state index is 0.171. The van der Waals surface area contributed by atoms with Crippen molar-refractivity contribution in [2.75, 3.05) is 27.7 Å². The Bertz CT molecular complexity index is 411. The molecule has 0 aliphatic rings. The van der Waals surface area contributed by atoms with Gasteiger partial charge in [0.2, 0.25) is 0 Å². The van der Waals surface area contributed by atoms with Crippen molar-refractivity contribution in [1.29, 1.82) is 0 Å². The fourth-order valence-corrected chi connectivity index (χ4v) is 1.94. The number of rotatable bonds is 6. The van der Waals surface area contributed by atoms with Crippen molar-refractivity contribution in [3.05, 3.63) is 17.0 Å². The van der Waals surface area contributed by atoms with Gasteiger partial charge in [-0.05, 0) is 39.9 Å². The molecule has 0 unspecified atom stereocenters. The van der Waals surface area contributed by atoms with E-state index >= 15 is 0 Å². The second kappa shape index (κ2) is 6.54. The maximum Gasteiger partial charge on any atom is 0.305 e. The van der Waals surface area contributed by atoms with Crippen LogP contribution in [0.3, 0.4) is 0 Å². The first-order valence-corrected chi connectivity index (χ1v) is 6.20. The molecule has 0 aliphatic heterocycles. The smallest absolute Gasteiger partial charge is 0.305 e. The highest BCUT2D eigenvalue weighted by atomic mass is 16.5. The molecule has 5 nitrogen and oxygen atoms in total. The zero-order chi connectivity index (χ0) is 13.7. The van der Waals surface area contributed by atoms with E-state index in [2.05, 4.69) is 21.7 Å². The van der Waals surface area contributed by atoms with E-state index < -0.39 is 0 Å². The number of carbonyl (C=O) groups excluding carboxylic acids is 1. The predicted octanol–water partition coefficient (Wildman–Crippen LogP) is 1.17. The first kappa shape index (κ1) is 14.7. The van der Waals surface area contributed by atoms with Gasteiger partial charge in [0.25, 0.3) is 0 Å². The van der Waals surface area contributed by atoms with E-state index in [1.54, 1.807) is 0 Å². The van der Waals surface area contributed by atoms with Gasteiger partial charge in [0, 0.05) is 18.7 Å². The van der Waals surface area contributed by atoms with Gasteiger partial charge in [-0.25, -0.2) is 0 Å².